The quantitative estimate of drug-likeness (QED) is 0.620. The van der Waals surface area contributed by atoms with E-state index >= 15 is 0 Å². The van der Waals surface area contributed by atoms with Gasteiger partial charge in [0.15, 0.2) is 0 Å². The summed E-state index contributed by atoms with van der Waals surface area (Å²) in [6.45, 7) is 5.23. The highest BCUT2D eigenvalue weighted by Crippen LogP contribution is 2.26. The van der Waals surface area contributed by atoms with Crippen LogP contribution in [0, 0.1) is 23.0 Å². The third kappa shape index (κ3) is 3.19. The lowest BCUT2D eigenvalue weighted by Gasteiger charge is -2.19. The van der Waals surface area contributed by atoms with E-state index in [1.807, 2.05) is 0 Å². The summed E-state index contributed by atoms with van der Waals surface area (Å²) in [5.41, 5.74) is 0.872. The number of anilines is 1. The highest BCUT2D eigenvalue weighted by Gasteiger charge is 2.24. The van der Waals surface area contributed by atoms with Crippen molar-refractivity contribution in [1.29, 1.82) is 0 Å². The summed E-state index contributed by atoms with van der Waals surface area (Å²) in [5.74, 6) is -1.21. The second kappa shape index (κ2) is 5.48. The molecule has 6 nitrogen and oxygen atoms in total. The molecule has 0 unspecified atom stereocenters. The molecular formula is C12H16N2O4. The van der Waals surface area contributed by atoms with E-state index in [1.54, 1.807) is 26.8 Å². The number of carboxylic acids is 1. The van der Waals surface area contributed by atoms with Crippen molar-refractivity contribution in [2.45, 2.75) is 26.8 Å². The fourth-order valence-corrected chi connectivity index (χ4v) is 1.60. The summed E-state index contributed by atoms with van der Waals surface area (Å²) in [4.78, 5) is 21.5. The second-order valence-corrected chi connectivity index (χ2v) is 4.48. The monoisotopic (exact) mass is 252 g/mol. The topological polar surface area (TPSA) is 92.5 Å². The van der Waals surface area contributed by atoms with Gasteiger partial charge >= 0.3 is 5.97 Å². The molecule has 1 aromatic rings. The summed E-state index contributed by atoms with van der Waals surface area (Å²) < 4.78 is 0. The molecule has 0 aliphatic carbocycles. The van der Waals surface area contributed by atoms with Crippen molar-refractivity contribution in [2.24, 2.45) is 5.92 Å². The number of aliphatic carboxylic acids is 1. The zero-order valence-electron chi connectivity index (χ0n) is 10.5. The molecule has 0 saturated carbocycles. The zero-order valence-corrected chi connectivity index (χ0v) is 10.5. The van der Waals surface area contributed by atoms with Crippen LogP contribution in [0.15, 0.2) is 18.2 Å². The summed E-state index contributed by atoms with van der Waals surface area (Å²) >= 11 is 0. The Labute approximate surface area is 105 Å². The number of nitrogens with zero attached hydrogens (tertiary/aromatic N) is 1. The van der Waals surface area contributed by atoms with E-state index < -0.39 is 16.9 Å². The van der Waals surface area contributed by atoms with Gasteiger partial charge in [-0.25, -0.2) is 4.79 Å². The number of nitrogens with one attached hydrogen (secondary N) is 1. The molecule has 0 bridgehead atoms. The van der Waals surface area contributed by atoms with Crippen LogP contribution in [0.4, 0.5) is 11.4 Å². The molecule has 0 radical (unpaired) electrons. The first-order valence-corrected chi connectivity index (χ1v) is 5.57. The molecule has 0 heterocycles. The Morgan fingerprint density at radius 1 is 1.44 bits per heavy atom. The standard InChI is InChI=1S/C12H16N2O4/c1-7(2)11(12(15)16)13-9-5-4-8(3)6-10(9)14(17)18/h4-7,11,13H,1-3H3,(H,15,16)/t11-/m1/s1. The Morgan fingerprint density at radius 2 is 2.06 bits per heavy atom. The van der Waals surface area contributed by atoms with Gasteiger partial charge in [0.25, 0.3) is 5.69 Å². The lowest BCUT2D eigenvalue weighted by atomic mass is 10.0. The van der Waals surface area contributed by atoms with Gasteiger partial charge in [-0.1, -0.05) is 19.9 Å². The van der Waals surface area contributed by atoms with Crippen LogP contribution in [0.25, 0.3) is 0 Å². The fourth-order valence-electron chi connectivity index (χ4n) is 1.60. The maximum absolute atomic E-state index is 11.1. The minimum Gasteiger partial charge on any atom is -0.480 e. The predicted molar refractivity (Wildman–Crippen MR) is 67.7 cm³/mol. The van der Waals surface area contributed by atoms with Crippen LogP contribution < -0.4 is 5.32 Å². The first kappa shape index (κ1) is 14.0. The molecule has 0 spiro atoms. The molecule has 0 aliphatic heterocycles. The molecule has 0 fully saturated rings. The molecule has 98 valence electrons. The maximum Gasteiger partial charge on any atom is 0.326 e. The average molecular weight is 252 g/mol. The van der Waals surface area contributed by atoms with Crippen molar-refractivity contribution in [2.75, 3.05) is 5.32 Å². The number of hydrogen-bond donors (Lipinski definition) is 2. The molecule has 2 N–H and O–H groups in total. The van der Waals surface area contributed by atoms with E-state index in [-0.39, 0.29) is 17.3 Å². The van der Waals surface area contributed by atoms with Gasteiger partial charge in [-0.05, 0) is 24.5 Å². The van der Waals surface area contributed by atoms with Gasteiger partial charge in [0, 0.05) is 6.07 Å². The largest absolute Gasteiger partial charge is 0.480 e. The highest BCUT2D eigenvalue weighted by molar-refractivity contribution is 5.79. The van der Waals surface area contributed by atoms with E-state index in [1.165, 1.54) is 12.1 Å². The predicted octanol–water partition coefficient (Wildman–Crippen LogP) is 2.42. The summed E-state index contributed by atoms with van der Waals surface area (Å²) in [6.07, 6.45) is 0. The summed E-state index contributed by atoms with van der Waals surface area (Å²) in [7, 11) is 0. The van der Waals surface area contributed by atoms with Crippen LogP contribution in [-0.2, 0) is 4.79 Å². The first-order valence-electron chi connectivity index (χ1n) is 5.57. The van der Waals surface area contributed by atoms with Crippen LogP contribution in [-0.4, -0.2) is 22.0 Å². The molecule has 0 aromatic heterocycles. The van der Waals surface area contributed by atoms with E-state index in [4.69, 9.17) is 5.11 Å². The minimum atomic E-state index is -1.03. The van der Waals surface area contributed by atoms with Gasteiger partial charge in [-0.15, -0.1) is 0 Å². The van der Waals surface area contributed by atoms with Crippen LogP contribution in [0.5, 0.6) is 0 Å². The molecule has 6 heteroatoms. The zero-order chi connectivity index (χ0) is 13.9. The third-order valence-corrected chi connectivity index (χ3v) is 2.59. The van der Waals surface area contributed by atoms with Crippen LogP contribution >= 0.6 is 0 Å². The van der Waals surface area contributed by atoms with Crippen molar-refractivity contribution >= 4 is 17.3 Å². The van der Waals surface area contributed by atoms with Gasteiger partial charge < -0.3 is 10.4 Å². The van der Waals surface area contributed by atoms with E-state index in [9.17, 15) is 14.9 Å². The SMILES string of the molecule is Cc1ccc(N[C@@H](C(=O)O)C(C)C)c([N+](=O)[O-])c1. The minimum absolute atomic E-state index is 0.109. The number of rotatable bonds is 5. The van der Waals surface area contributed by atoms with E-state index in [0.717, 1.165) is 5.56 Å². The Morgan fingerprint density at radius 3 is 2.50 bits per heavy atom. The number of hydrogen-bond acceptors (Lipinski definition) is 4. The van der Waals surface area contributed by atoms with Crippen molar-refractivity contribution < 1.29 is 14.8 Å². The number of nitro benzene ring substituents is 1. The smallest absolute Gasteiger partial charge is 0.326 e. The highest BCUT2D eigenvalue weighted by atomic mass is 16.6. The fraction of sp³-hybridized carbons (Fsp3) is 0.417. The molecule has 0 aliphatic rings. The molecule has 0 amide bonds. The van der Waals surface area contributed by atoms with Crippen LogP contribution in [0.1, 0.15) is 19.4 Å². The average Bonchev–Trinajstić information content (AvgIpc) is 2.25. The van der Waals surface area contributed by atoms with E-state index in [2.05, 4.69) is 5.32 Å². The van der Waals surface area contributed by atoms with Crippen LogP contribution in [0.3, 0.4) is 0 Å². The molecule has 0 saturated heterocycles. The van der Waals surface area contributed by atoms with Gasteiger partial charge in [0.1, 0.15) is 11.7 Å². The molecule has 1 aromatic carbocycles. The second-order valence-electron chi connectivity index (χ2n) is 4.48. The van der Waals surface area contributed by atoms with E-state index in [0.29, 0.717) is 0 Å². The Bertz CT molecular complexity index is 471. The number of benzene rings is 1. The number of carbonyl (C=O) groups is 1. The molecular weight excluding hydrogens is 236 g/mol. The van der Waals surface area contributed by atoms with Crippen LogP contribution in [0.2, 0.25) is 0 Å². The lowest BCUT2D eigenvalue weighted by Crippen LogP contribution is -2.34. The normalized spacial score (nSPS) is 12.2. The van der Waals surface area contributed by atoms with Gasteiger partial charge in [-0.3, -0.25) is 10.1 Å². The molecule has 1 rings (SSSR count). The number of carboxylic acid groups (broad SMARTS) is 1. The first-order chi connectivity index (χ1) is 8.32. The van der Waals surface area contributed by atoms with Crippen molar-refractivity contribution in [3.63, 3.8) is 0 Å². The number of nitro groups is 1. The Hall–Kier alpha value is -2.11. The molecule has 1 atom stereocenters. The number of aryl methyl sites for hydroxylation is 1. The Kier molecular flexibility index (Phi) is 4.25. The van der Waals surface area contributed by atoms with Gasteiger partial charge in [0.05, 0.1) is 4.92 Å². The van der Waals surface area contributed by atoms with Gasteiger partial charge in [-0.2, -0.15) is 0 Å². The van der Waals surface area contributed by atoms with Crippen molar-refractivity contribution in [3.05, 3.63) is 33.9 Å². The Balaban J connectivity index is 3.10. The lowest BCUT2D eigenvalue weighted by molar-refractivity contribution is -0.384. The summed E-state index contributed by atoms with van der Waals surface area (Å²) in [6, 6.07) is 3.80. The maximum atomic E-state index is 11.1. The summed E-state index contributed by atoms with van der Waals surface area (Å²) in [5, 5.41) is 22.7. The van der Waals surface area contributed by atoms with Gasteiger partial charge in [0.2, 0.25) is 0 Å². The van der Waals surface area contributed by atoms with Crippen molar-refractivity contribution in [3.8, 4) is 0 Å². The third-order valence-electron chi connectivity index (χ3n) is 2.59. The molecule has 18 heavy (non-hydrogen) atoms. The van der Waals surface area contributed by atoms with Crippen molar-refractivity contribution in [1.82, 2.24) is 0 Å².